The summed E-state index contributed by atoms with van der Waals surface area (Å²) in [6, 6.07) is 49.7. The van der Waals surface area contributed by atoms with E-state index in [2.05, 4.69) is 191 Å². The molecule has 16 rings (SSSR count). The molecule has 0 N–H and O–H groups in total. The first-order valence-corrected chi connectivity index (χ1v) is 50.6. The summed E-state index contributed by atoms with van der Waals surface area (Å²) in [6.45, 7) is 23.6. The van der Waals surface area contributed by atoms with E-state index in [-0.39, 0.29) is 27.1 Å². The molecule has 10 aromatic rings. The summed E-state index contributed by atoms with van der Waals surface area (Å²) in [6.07, 6.45) is 35.2. The highest BCUT2D eigenvalue weighted by molar-refractivity contribution is 5.91. The van der Waals surface area contributed by atoms with Gasteiger partial charge < -0.3 is 47.4 Å². The van der Waals surface area contributed by atoms with Gasteiger partial charge >= 0.3 is 0 Å². The second-order valence-electron chi connectivity index (χ2n) is 39.4. The lowest BCUT2D eigenvalue weighted by molar-refractivity contribution is 0.397. The van der Waals surface area contributed by atoms with Crippen LogP contribution in [0.3, 0.4) is 0 Å². The Morgan fingerprint density at radius 2 is 0.246 bits per heavy atom. The van der Waals surface area contributed by atoms with Crippen molar-refractivity contribution in [3.05, 3.63) is 233 Å². The Morgan fingerprint density at radius 1 is 0.154 bits per heavy atom. The monoisotopic (exact) mass is 1750 g/mol. The van der Waals surface area contributed by atoms with Gasteiger partial charge in [-0.2, -0.15) is 0 Å². The van der Waals surface area contributed by atoms with Crippen LogP contribution in [0.4, 0.5) is 0 Å². The van der Waals surface area contributed by atoms with Crippen LogP contribution < -0.4 is 47.4 Å². The molecule has 130 heavy (non-hydrogen) atoms. The topological polar surface area (TPSA) is 92.3 Å². The molecule has 0 heterocycles. The van der Waals surface area contributed by atoms with Crippen molar-refractivity contribution in [2.45, 2.75) is 321 Å². The van der Waals surface area contributed by atoms with Crippen LogP contribution >= 0.6 is 0 Å². The zero-order valence-electron chi connectivity index (χ0n) is 82.9. The van der Waals surface area contributed by atoms with Crippen LogP contribution in [0.2, 0.25) is 0 Å². The summed E-state index contributed by atoms with van der Waals surface area (Å²) in [4.78, 5) is 0. The molecule has 6 aliphatic carbocycles. The molecular formula is C120H150O10. The summed E-state index contributed by atoms with van der Waals surface area (Å²) >= 11 is 0. The molecule has 0 aromatic heterocycles. The minimum Gasteiger partial charge on any atom is -0.496 e. The maximum absolute atomic E-state index is 6.76. The third-order valence-electron chi connectivity index (χ3n) is 32.3. The molecule has 10 aromatic carbocycles. The molecule has 0 radical (unpaired) electrons. The average molecular weight is 1750 g/mol. The lowest BCUT2D eigenvalue weighted by Gasteiger charge is -2.34. The van der Waals surface area contributed by atoms with Crippen molar-refractivity contribution in [2.24, 2.45) is 0 Å². The van der Waals surface area contributed by atoms with Crippen molar-refractivity contribution in [1.29, 1.82) is 0 Å². The van der Waals surface area contributed by atoms with E-state index < -0.39 is 0 Å². The summed E-state index contributed by atoms with van der Waals surface area (Å²) in [7, 11) is 18.7. The molecule has 0 spiro atoms. The molecule has 0 saturated heterocycles. The fourth-order valence-electron chi connectivity index (χ4n) is 25.6. The normalized spacial score (nSPS) is 15.2. The number of hydrogen-bond acceptors (Lipinski definition) is 10. The zero-order valence-corrected chi connectivity index (χ0v) is 82.9. The maximum Gasteiger partial charge on any atom is 0.123 e. The van der Waals surface area contributed by atoms with Gasteiger partial charge in [0.2, 0.25) is 0 Å². The SMILES string of the molecule is CCCCC1(CCCC)c2cc3c(OC)cc2-c2cc(OC)c(cc21)Cc1cc2c(cc1OC)-c1cc(OC)c(cc1C2(CCCC)CCCC)Cc1cc2c(cc1OC)-c1cc(OC)c(cc1C2(CCCC)CCCC)Cc1cc2c(cc1OC)-c1cc(OC)c(cc1C2(CCCC)CCCC)Cc1cc2c(cc1OC)-c1cc(OC)c(cc1C2(CCCC)CCCC)C3. The van der Waals surface area contributed by atoms with Gasteiger partial charge in [-0.05, 0) is 292 Å². The smallest absolute Gasteiger partial charge is 0.123 e. The van der Waals surface area contributed by atoms with Gasteiger partial charge in [0, 0.05) is 59.2 Å². The van der Waals surface area contributed by atoms with Crippen molar-refractivity contribution in [3.8, 4) is 113 Å². The Morgan fingerprint density at radius 3 is 0.323 bits per heavy atom. The van der Waals surface area contributed by atoms with E-state index in [0.29, 0.717) is 32.1 Å². The van der Waals surface area contributed by atoms with Crippen LogP contribution in [-0.4, -0.2) is 71.1 Å². The van der Waals surface area contributed by atoms with E-state index in [0.717, 1.165) is 250 Å². The van der Waals surface area contributed by atoms with E-state index in [4.69, 9.17) is 47.4 Å². The van der Waals surface area contributed by atoms with Crippen LogP contribution in [-0.2, 0) is 59.2 Å². The van der Waals surface area contributed by atoms with Gasteiger partial charge in [-0.3, -0.25) is 0 Å². The van der Waals surface area contributed by atoms with Crippen LogP contribution in [0.5, 0.6) is 57.5 Å². The van der Waals surface area contributed by atoms with E-state index in [1.165, 1.54) is 167 Å². The second kappa shape index (κ2) is 39.6. The summed E-state index contributed by atoms with van der Waals surface area (Å²) in [5.41, 5.74) is 36.7. The Bertz CT molecular complexity index is 4640. The second-order valence-corrected chi connectivity index (χ2v) is 39.4. The Labute approximate surface area is 780 Å². The first kappa shape index (κ1) is 93.4. The predicted octanol–water partition coefficient (Wildman–Crippen LogP) is 31.3. The minimum absolute atomic E-state index is 0.280. The van der Waals surface area contributed by atoms with Crippen LogP contribution in [0, 0.1) is 0 Å². The molecule has 690 valence electrons. The molecule has 0 unspecified atom stereocenters. The van der Waals surface area contributed by atoms with Crippen LogP contribution in [0.25, 0.3) is 55.6 Å². The first-order valence-electron chi connectivity index (χ1n) is 50.6. The van der Waals surface area contributed by atoms with E-state index in [1.807, 2.05) is 71.1 Å². The number of unbranched alkanes of at least 4 members (excludes halogenated alkanes) is 10. The van der Waals surface area contributed by atoms with Gasteiger partial charge in [-0.1, -0.05) is 258 Å². The number of benzene rings is 10. The fraction of sp³-hybridized carbons (Fsp3) is 0.500. The lowest BCUT2D eigenvalue weighted by Crippen LogP contribution is -2.26. The lowest BCUT2D eigenvalue weighted by atomic mass is 9.69. The number of fused-ring (bicyclic) bond motifs is 15. The predicted molar refractivity (Wildman–Crippen MR) is 538 cm³/mol. The zero-order chi connectivity index (χ0) is 91.6. The standard InChI is InChI=1S/C120H150O10/c1-21-31-41-116(42-32-22-2)96-56-76-51-78-58-98-88(68-108(78)123-13)90-70-110(125-15)80(60-100(90)117(98,43-33-23-3)44-34-24-4)53-82-62-102-92(72-112(82)127-17)94-74-114(129-19)84(64-104(94)119(102,47-37-27-7)48-38-28-8)55-85-65-105-95(75-115(85)130-20)93-73-113(128-18)83(63-103(93)120(105,49-39-29-9)50-40-30-10)54-81-61-101-91(71-111(81)126-16)89-69-109(124-14)79(59-99(89)118(101,45-35-25-5)46-36-26-6)52-77-57-97(116)87(67-107(77)122-12)86(96)66-106(76)121-11/h56-75H,21-55H2,1-20H3. The third-order valence-corrected chi connectivity index (χ3v) is 32.3. The van der Waals surface area contributed by atoms with E-state index in [1.54, 1.807) is 0 Å². The molecule has 0 aliphatic heterocycles. The van der Waals surface area contributed by atoms with Crippen molar-refractivity contribution >= 4 is 0 Å². The molecule has 20 bridgehead atoms. The van der Waals surface area contributed by atoms with Gasteiger partial charge in [0.15, 0.2) is 0 Å². The average Bonchev–Trinajstić information content (AvgIpc) is 1.57. The highest BCUT2D eigenvalue weighted by Gasteiger charge is 2.51. The number of methoxy groups -OCH3 is 10. The van der Waals surface area contributed by atoms with E-state index >= 15 is 0 Å². The number of hydrogen-bond donors (Lipinski definition) is 0. The largest absolute Gasteiger partial charge is 0.496 e. The molecule has 10 heteroatoms. The highest BCUT2D eigenvalue weighted by atomic mass is 16.5. The fourth-order valence-corrected chi connectivity index (χ4v) is 25.6. The van der Waals surface area contributed by atoms with Crippen molar-refractivity contribution < 1.29 is 47.4 Å². The molecule has 0 atom stereocenters. The summed E-state index contributed by atoms with van der Waals surface area (Å²) in [5.74, 6) is 8.88. The first-order chi connectivity index (χ1) is 63.4. The van der Waals surface area contributed by atoms with Crippen LogP contribution in [0.1, 0.15) is 373 Å². The van der Waals surface area contributed by atoms with Gasteiger partial charge in [0.1, 0.15) is 57.5 Å². The number of ether oxygens (including phenoxy) is 10. The minimum atomic E-state index is -0.280. The van der Waals surface area contributed by atoms with Gasteiger partial charge in [0.25, 0.3) is 0 Å². The number of rotatable bonds is 40. The summed E-state index contributed by atoms with van der Waals surface area (Å²) < 4.78 is 67.6. The molecule has 0 fully saturated rings. The maximum atomic E-state index is 6.76. The molecule has 0 saturated carbocycles. The van der Waals surface area contributed by atoms with Crippen LogP contribution in [0.15, 0.2) is 121 Å². The highest BCUT2D eigenvalue weighted by Crippen LogP contribution is 2.65. The van der Waals surface area contributed by atoms with Gasteiger partial charge in [0.05, 0.1) is 71.1 Å². The molecular weight excluding hydrogens is 1600 g/mol. The molecule has 10 nitrogen and oxygen atoms in total. The van der Waals surface area contributed by atoms with Crippen molar-refractivity contribution in [1.82, 2.24) is 0 Å². The third kappa shape index (κ3) is 15.8. The Hall–Kier alpha value is -9.80. The van der Waals surface area contributed by atoms with Crippen molar-refractivity contribution in [3.63, 3.8) is 0 Å². The van der Waals surface area contributed by atoms with E-state index in [9.17, 15) is 0 Å². The van der Waals surface area contributed by atoms with Gasteiger partial charge in [-0.15, -0.1) is 0 Å². The van der Waals surface area contributed by atoms with Crippen molar-refractivity contribution in [2.75, 3.05) is 71.1 Å². The Kier molecular flexibility index (Phi) is 28.4. The van der Waals surface area contributed by atoms with Gasteiger partial charge in [-0.25, -0.2) is 0 Å². The quantitative estimate of drug-likeness (QED) is 0.0370. The molecule has 6 aliphatic rings. The summed E-state index contributed by atoms with van der Waals surface area (Å²) in [5, 5.41) is 0. The molecule has 0 amide bonds. The Balaban J connectivity index is 0.948.